The minimum atomic E-state index is -0.972. The van der Waals surface area contributed by atoms with E-state index in [1.165, 1.54) is 31.2 Å². The second-order valence-corrected chi connectivity index (χ2v) is 5.75. The number of ether oxygens (including phenoxy) is 2. The normalized spacial score (nSPS) is 10.3. The molecule has 0 bridgehead atoms. The highest BCUT2D eigenvalue weighted by Crippen LogP contribution is 2.28. The van der Waals surface area contributed by atoms with Crippen molar-refractivity contribution >= 4 is 17.8 Å². The molecule has 0 radical (unpaired) electrons. The molecule has 8 heteroatoms. The summed E-state index contributed by atoms with van der Waals surface area (Å²) in [5.74, 6) is -0.907. The Labute approximate surface area is 146 Å². The average Bonchev–Trinajstić information content (AvgIpc) is 2.56. The van der Waals surface area contributed by atoms with Gasteiger partial charge >= 0.3 is 5.97 Å². The Hall–Kier alpha value is -2.77. The van der Waals surface area contributed by atoms with Crippen molar-refractivity contribution in [2.24, 2.45) is 0 Å². The fourth-order valence-corrected chi connectivity index (χ4v) is 2.01. The lowest BCUT2D eigenvalue weighted by atomic mass is 10.1. The molecule has 0 saturated carbocycles. The average molecular weight is 352 g/mol. The van der Waals surface area contributed by atoms with Crippen LogP contribution in [0.2, 0.25) is 0 Å². The molecule has 25 heavy (non-hydrogen) atoms. The summed E-state index contributed by atoms with van der Waals surface area (Å²) in [6.45, 7) is 3.63. The van der Waals surface area contributed by atoms with E-state index in [0.717, 1.165) is 0 Å². The minimum absolute atomic E-state index is 0.0133. The number of carbonyl (C=O) groups is 3. The number of benzene rings is 1. The summed E-state index contributed by atoms with van der Waals surface area (Å²) in [6.07, 6.45) is -0.133. The number of rotatable bonds is 9. The third-order valence-corrected chi connectivity index (χ3v) is 3.23. The molecule has 0 aromatic heterocycles. The summed E-state index contributed by atoms with van der Waals surface area (Å²) in [5, 5.41) is 11.4. The Kier molecular flexibility index (Phi) is 7.71. The zero-order valence-electron chi connectivity index (χ0n) is 14.9. The number of carboxylic acids is 1. The fourth-order valence-electron chi connectivity index (χ4n) is 2.01. The molecule has 138 valence electrons. The van der Waals surface area contributed by atoms with Crippen LogP contribution < -0.4 is 14.8 Å². The van der Waals surface area contributed by atoms with Crippen LogP contribution in [0.4, 0.5) is 0 Å². The van der Waals surface area contributed by atoms with Crippen molar-refractivity contribution in [2.45, 2.75) is 26.3 Å². The summed E-state index contributed by atoms with van der Waals surface area (Å²) in [4.78, 5) is 35.8. The molecule has 1 rings (SSSR count). The number of carboxylic acid groups (broad SMARTS) is 1. The molecule has 8 nitrogen and oxygen atoms in total. The number of nitrogens with one attached hydrogen (secondary N) is 1. The molecule has 2 amide bonds. The number of carbonyl (C=O) groups excluding carboxylic acids is 2. The monoisotopic (exact) mass is 352 g/mol. The highest BCUT2D eigenvalue weighted by atomic mass is 16.5. The Balaban J connectivity index is 2.78. The lowest BCUT2D eigenvalue weighted by Gasteiger charge is -2.17. The lowest BCUT2D eigenvalue weighted by molar-refractivity contribution is -0.137. The van der Waals surface area contributed by atoms with Crippen molar-refractivity contribution in [3.63, 3.8) is 0 Å². The Morgan fingerprint density at radius 2 is 1.92 bits per heavy atom. The maximum absolute atomic E-state index is 12.3. The van der Waals surface area contributed by atoms with Crippen LogP contribution in [0.5, 0.6) is 11.5 Å². The quantitative estimate of drug-likeness (QED) is 0.691. The van der Waals surface area contributed by atoms with Crippen LogP contribution in [0.15, 0.2) is 18.2 Å². The molecule has 0 spiro atoms. The number of hydrogen-bond acceptors (Lipinski definition) is 5. The van der Waals surface area contributed by atoms with E-state index in [9.17, 15) is 14.4 Å². The summed E-state index contributed by atoms with van der Waals surface area (Å²) in [7, 11) is 2.96. The molecule has 0 aliphatic rings. The van der Waals surface area contributed by atoms with Gasteiger partial charge in [-0.1, -0.05) is 0 Å². The predicted molar refractivity (Wildman–Crippen MR) is 91.0 cm³/mol. The largest absolute Gasteiger partial charge is 0.493 e. The molecular weight excluding hydrogens is 328 g/mol. The third-order valence-electron chi connectivity index (χ3n) is 3.23. The second-order valence-electron chi connectivity index (χ2n) is 5.75. The maximum Gasteiger partial charge on any atom is 0.305 e. The van der Waals surface area contributed by atoms with Crippen LogP contribution in [-0.4, -0.2) is 61.1 Å². The first-order valence-electron chi connectivity index (χ1n) is 7.82. The van der Waals surface area contributed by atoms with Crippen molar-refractivity contribution in [1.29, 1.82) is 0 Å². The van der Waals surface area contributed by atoms with Gasteiger partial charge in [-0.25, -0.2) is 0 Å². The van der Waals surface area contributed by atoms with E-state index in [1.54, 1.807) is 6.07 Å². The highest BCUT2D eigenvalue weighted by Gasteiger charge is 2.16. The Bertz CT molecular complexity index is 630. The molecule has 1 aromatic carbocycles. The lowest BCUT2D eigenvalue weighted by Crippen LogP contribution is -2.34. The number of aliphatic carboxylic acids is 1. The van der Waals surface area contributed by atoms with Gasteiger partial charge in [0.05, 0.1) is 13.5 Å². The molecule has 0 aliphatic heterocycles. The molecule has 0 fully saturated rings. The van der Waals surface area contributed by atoms with Crippen LogP contribution in [0.3, 0.4) is 0 Å². The van der Waals surface area contributed by atoms with E-state index in [0.29, 0.717) is 17.1 Å². The van der Waals surface area contributed by atoms with Gasteiger partial charge in [-0.2, -0.15) is 0 Å². The fraction of sp³-hybridized carbons (Fsp3) is 0.471. The van der Waals surface area contributed by atoms with Gasteiger partial charge in [0.2, 0.25) is 0 Å². The third kappa shape index (κ3) is 6.70. The molecule has 2 N–H and O–H groups in total. The van der Waals surface area contributed by atoms with Crippen LogP contribution >= 0.6 is 0 Å². The molecule has 1 aromatic rings. The van der Waals surface area contributed by atoms with Crippen molar-refractivity contribution in [3.8, 4) is 11.5 Å². The van der Waals surface area contributed by atoms with Crippen molar-refractivity contribution in [2.75, 3.05) is 27.3 Å². The summed E-state index contributed by atoms with van der Waals surface area (Å²) in [6, 6.07) is 4.59. The predicted octanol–water partition coefficient (Wildman–Crippen LogP) is 1.15. The molecular formula is C17H24N2O6. The summed E-state index contributed by atoms with van der Waals surface area (Å²) in [5.41, 5.74) is 0.337. The van der Waals surface area contributed by atoms with Crippen molar-refractivity contribution in [1.82, 2.24) is 10.2 Å². The van der Waals surface area contributed by atoms with E-state index in [-0.39, 0.29) is 37.4 Å². The van der Waals surface area contributed by atoms with Crippen LogP contribution in [-0.2, 0) is 9.59 Å². The maximum atomic E-state index is 12.3. The van der Waals surface area contributed by atoms with Gasteiger partial charge in [-0.15, -0.1) is 0 Å². The van der Waals surface area contributed by atoms with Crippen LogP contribution in [0.1, 0.15) is 30.6 Å². The zero-order chi connectivity index (χ0) is 19.0. The van der Waals surface area contributed by atoms with E-state index in [4.69, 9.17) is 14.6 Å². The van der Waals surface area contributed by atoms with E-state index in [2.05, 4.69) is 5.32 Å². The van der Waals surface area contributed by atoms with Crippen LogP contribution in [0, 0.1) is 0 Å². The molecule has 0 atom stereocenters. The minimum Gasteiger partial charge on any atom is -0.493 e. The van der Waals surface area contributed by atoms with E-state index in [1.807, 2.05) is 13.8 Å². The summed E-state index contributed by atoms with van der Waals surface area (Å²) < 4.78 is 10.6. The van der Waals surface area contributed by atoms with Gasteiger partial charge in [0.15, 0.2) is 18.1 Å². The Morgan fingerprint density at radius 1 is 1.24 bits per heavy atom. The van der Waals surface area contributed by atoms with Crippen molar-refractivity contribution < 1.29 is 29.0 Å². The van der Waals surface area contributed by atoms with Gasteiger partial charge in [-0.3, -0.25) is 14.4 Å². The highest BCUT2D eigenvalue weighted by molar-refractivity contribution is 5.95. The standard InChI is InChI=1S/C17H24N2O6/c1-11(2)18-15(20)10-25-13-6-5-12(9-14(13)24-4)17(23)19(3)8-7-16(21)22/h5-6,9,11H,7-8,10H2,1-4H3,(H,18,20)(H,21,22). The van der Waals surface area contributed by atoms with Crippen LogP contribution in [0.25, 0.3) is 0 Å². The molecule has 0 saturated heterocycles. The second kappa shape index (κ2) is 9.51. The van der Waals surface area contributed by atoms with Gasteiger partial charge in [0, 0.05) is 25.2 Å². The molecule has 0 aliphatic carbocycles. The first-order valence-corrected chi connectivity index (χ1v) is 7.82. The SMILES string of the molecule is COc1cc(C(=O)N(C)CCC(=O)O)ccc1OCC(=O)NC(C)C. The Morgan fingerprint density at radius 3 is 2.48 bits per heavy atom. The first kappa shape index (κ1) is 20.3. The van der Waals surface area contributed by atoms with E-state index >= 15 is 0 Å². The number of nitrogens with zero attached hydrogens (tertiary/aromatic N) is 1. The number of amides is 2. The molecule has 0 unspecified atom stereocenters. The molecule has 0 heterocycles. The first-order chi connectivity index (χ1) is 11.7. The van der Waals surface area contributed by atoms with Gasteiger partial charge in [0.1, 0.15) is 0 Å². The number of hydrogen-bond donors (Lipinski definition) is 2. The topological polar surface area (TPSA) is 105 Å². The smallest absolute Gasteiger partial charge is 0.305 e. The number of methoxy groups -OCH3 is 1. The van der Waals surface area contributed by atoms with Crippen molar-refractivity contribution in [3.05, 3.63) is 23.8 Å². The zero-order valence-corrected chi connectivity index (χ0v) is 14.9. The van der Waals surface area contributed by atoms with Gasteiger partial charge in [0.25, 0.3) is 11.8 Å². The summed E-state index contributed by atoms with van der Waals surface area (Å²) >= 11 is 0. The van der Waals surface area contributed by atoms with Gasteiger partial charge < -0.3 is 24.8 Å². The van der Waals surface area contributed by atoms with E-state index < -0.39 is 5.97 Å². The van der Waals surface area contributed by atoms with Gasteiger partial charge in [-0.05, 0) is 32.0 Å².